The van der Waals surface area contributed by atoms with Crippen molar-refractivity contribution in [2.75, 3.05) is 20.8 Å². The van der Waals surface area contributed by atoms with E-state index < -0.39 is 0 Å². The average molecular weight is 292 g/mol. The molecule has 0 heterocycles. The molecule has 114 valence electrons. The highest BCUT2D eigenvalue weighted by atomic mass is 16.5. The zero-order valence-corrected chi connectivity index (χ0v) is 12.3. The summed E-state index contributed by atoms with van der Waals surface area (Å²) in [6.07, 6.45) is 4.98. The van der Waals surface area contributed by atoms with Crippen LogP contribution < -0.4 is 4.74 Å². The summed E-state index contributed by atoms with van der Waals surface area (Å²) in [6.45, 7) is 0.550. The lowest BCUT2D eigenvalue weighted by Crippen LogP contribution is -2.02. The van der Waals surface area contributed by atoms with E-state index in [9.17, 15) is 9.59 Å². The van der Waals surface area contributed by atoms with E-state index in [4.69, 9.17) is 4.74 Å². The number of hydrogen-bond acceptors (Lipinski definition) is 5. The van der Waals surface area contributed by atoms with Gasteiger partial charge in [-0.2, -0.15) is 0 Å². The third-order valence-electron chi connectivity index (χ3n) is 2.76. The lowest BCUT2D eigenvalue weighted by Gasteiger charge is -2.06. The van der Waals surface area contributed by atoms with Gasteiger partial charge in [-0.1, -0.05) is 12.1 Å². The fourth-order valence-electron chi connectivity index (χ4n) is 1.57. The molecule has 0 saturated heterocycles. The molecule has 0 amide bonds. The molecule has 0 aliphatic rings. The first-order valence-corrected chi connectivity index (χ1v) is 6.71. The number of rotatable bonds is 8. The van der Waals surface area contributed by atoms with Gasteiger partial charge in [-0.05, 0) is 36.6 Å². The number of carbonyl (C=O) groups excluding carboxylic acids is 2. The zero-order valence-electron chi connectivity index (χ0n) is 12.3. The molecule has 21 heavy (non-hydrogen) atoms. The zero-order chi connectivity index (χ0) is 15.5. The van der Waals surface area contributed by atoms with Crippen molar-refractivity contribution in [3.05, 3.63) is 35.9 Å². The standard InChI is InChI=1S/C16H20O5/c1-19-15(17)5-3-4-12-21-14-9-6-13(7-10-14)8-11-16(18)20-2/h6-11H,3-5,12H2,1-2H3/b11-8+. The predicted octanol–water partition coefficient (Wildman–Crippen LogP) is 2.59. The lowest BCUT2D eigenvalue weighted by molar-refractivity contribution is -0.140. The van der Waals surface area contributed by atoms with Crippen molar-refractivity contribution >= 4 is 18.0 Å². The van der Waals surface area contributed by atoms with Gasteiger partial charge >= 0.3 is 11.9 Å². The highest BCUT2D eigenvalue weighted by Gasteiger charge is 2.00. The summed E-state index contributed by atoms with van der Waals surface area (Å²) in [4.78, 5) is 21.9. The Kier molecular flexibility index (Phi) is 7.64. The van der Waals surface area contributed by atoms with Crippen LogP contribution in [-0.4, -0.2) is 32.8 Å². The van der Waals surface area contributed by atoms with Gasteiger partial charge < -0.3 is 14.2 Å². The molecule has 0 radical (unpaired) electrons. The average Bonchev–Trinajstić information content (AvgIpc) is 2.53. The number of benzene rings is 1. The molecule has 5 nitrogen and oxygen atoms in total. The van der Waals surface area contributed by atoms with Crippen molar-refractivity contribution in [1.82, 2.24) is 0 Å². The van der Waals surface area contributed by atoms with Gasteiger partial charge in [0.25, 0.3) is 0 Å². The first kappa shape index (κ1) is 16.8. The van der Waals surface area contributed by atoms with Crippen LogP contribution in [0.2, 0.25) is 0 Å². The first-order chi connectivity index (χ1) is 10.2. The van der Waals surface area contributed by atoms with Crippen molar-refractivity contribution in [3.8, 4) is 5.75 Å². The van der Waals surface area contributed by atoms with Crippen LogP contribution in [-0.2, 0) is 19.1 Å². The molecule has 1 aromatic carbocycles. The second-order valence-corrected chi connectivity index (χ2v) is 4.31. The van der Waals surface area contributed by atoms with Crippen LogP contribution in [0.25, 0.3) is 6.08 Å². The monoisotopic (exact) mass is 292 g/mol. The molecule has 1 rings (SSSR count). The molecule has 0 atom stereocenters. The topological polar surface area (TPSA) is 61.8 Å². The summed E-state index contributed by atoms with van der Waals surface area (Å²) in [5.74, 6) is 0.168. The summed E-state index contributed by atoms with van der Waals surface area (Å²) >= 11 is 0. The van der Waals surface area contributed by atoms with Crippen LogP contribution in [0.5, 0.6) is 5.75 Å². The molecule has 0 aromatic heterocycles. The summed E-state index contributed by atoms with van der Waals surface area (Å²) in [7, 11) is 2.72. The van der Waals surface area contributed by atoms with Crippen LogP contribution in [0.4, 0.5) is 0 Å². The van der Waals surface area contributed by atoms with E-state index in [1.165, 1.54) is 20.3 Å². The largest absolute Gasteiger partial charge is 0.494 e. The SMILES string of the molecule is COC(=O)/C=C/c1ccc(OCCCCC(=O)OC)cc1. The normalized spacial score (nSPS) is 10.4. The molecular formula is C16H20O5. The van der Waals surface area contributed by atoms with Crippen LogP contribution in [0.3, 0.4) is 0 Å². The molecule has 0 unspecified atom stereocenters. The van der Waals surface area contributed by atoms with E-state index in [0.29, 0.717) is 13.0 Å². The Morgan fingerprint density at radius 3 is 2.38 bits per heavy atom. The van der Waals surface area contributed by atoms with Gasteiger partial charge in [0, 0.05) is 12.5 Å². The smallest absolute Gasteiger partial charge is 0.330 e. The van der Waals surface area contributed by atoms with E-state index in [0.717, 1.165) is 24.2 Å². The van der Waals surface area contributed by atoms with Gasteiger partial charge in [0.05, 0.1) is 20.8 Å². The minimum Gasteiger partial charge on any atom is -0.494 e. The van der Waals surface area contributed by atoms with Gasteiger partial charge in [-0.25, -0.2) is 4.79 Å². The molecule has 0 fully saturated rings. The highest BCUT2D eigenvalue weighted by molar-refractivity contribution is 5.86. The van der Waals surface area contributed by atoms with Crippen LogP contribution in [0.1, 0.15) is 24.8 Å². The fourth-order valence-corrected chi connectivity index (χ4v) is 1.57. The van der Waals surface area contributed by atoms with E-state index in [1.807, 2.05) is 24.3 Å². The van der Waals surface area contributed by atoms with Gasteiger partial charge in [0.1, 0.15) is 5.75 Å². The second-order valence-electron chi connectivity index (χ2n) is 4.31. The Balaban J connectivity index is 2.29. The minimum atomic E-state index is -0.388. The van der Waals surface area contributed by atoms with Gasteiger partial charge in [0.2, 0.25) is 0 Å². The van der Waals surface area contributed by atoms with Gasteiger partial charge in [-0.3, -0.25) is 4.79 Å². The van der Waals surface area contributed by atoms with Gasteiger partial charge in [-0.15, -0.1) is 0 Å². The summed E-state index contributed by atoms with van der Waals surface area (Å²) in [5, 5.41) is 0. The highest BCUT2D eigenvalue weighted by Crippen LogP contribution is 2.14. The van der Waals surface area contributed by atoms with Gasteiger partial charge in [0.15, 0.2) is 0 Å². The van der Waals surface area contributed by atoms with Crippen molar-refractivity contribution in [2.45, 2.75) is 19.3 Å². The summed E-state index contributed by atoms with van der Waals surface area (Å²) < 4.78 is 14.6. The van der Waals surface area contributed by atoms with Crippen molar-refractivity contribution < 1.29 is 23.8 Å². The van der Waals surface area contributed by atoms with E-state index in [1.54, 1.807) is 6.08 Å². The number of methoxy groups -OCH3 is 2. The van der Waals surface area contributed by atoms with Crippen LogP contribution >= 0.6 is 0 Å². The molecule has 0 aliphatic heterocycles. The number of carbonyl (C=O) groups is 2. The minimum absolute atomic E-state index is 0.197. The van der Waals surface area contributed by atoms with E-state index >= 15 is 0 Å². The molecule has 1 aromatic rings. The van der Waals surface area contributed by atoms with E-state index in [-0.39, 0.29) is 11.9 Å². The second kappa shape index (κ2) is 9.58. The van der Waals surface area contributed by atoms with Crippen molar-refractivity contribution in [1.29, 1.82) is 0 Å². The quantitative estimate of drug-likeness (QED) is 0.419. The Morgan fingerprint density at radius 2 is 1.76 bits per heavy atom. The predicted molar refractivity (Wildman–Crippen MR) is 78.9 cm³/mol. The van der Waals surface area contributed by atoms with Crippen LogP contribution in [0, 0.1) is 0 Å². The summed E-state index contributed by atoms with van der Waals surface area (Å²) in [6, 6.07) is 7.36. The molecule has 0 aliphatic carbocycles. The number of unbranched alkanes of at least 4 members (excludes halogenated alkanes) is 1. The Labute approximate surface area is 124 Å². The van der Waals surface area contributed by atoms with Crippen molar-refractivity contribution in [2.24, 2.45) is 0 Å². The third kappa shape index (κ3) is 7.15. The molecule has 0 saturated carbocycles. The Hall–Kier alpha value is -2.30. The molecule has 5 heteroatoms. The number of hydrogen-bond donors (Lipinski definition) is 0. The number of esters is 2. The third-order valence-corrected chi connectivity index (χ3v) is 2.76. The molecule has 0 N–H and O–H groups in total. The molecule has 0 spiro atoms. The first-order valence-electron chi connectivity index (χ1n) is 6.71. The van der Waals surface area contributed by atoms with Crippen molar-refractivity contribution in [3.63, 3.8) is 0 Å². The maximum absolute atomic E-state index is 11.0. The number of ether oxygens (including phenoxy) is 3. The lowest BCUT2D eigenvalue weighted by atomic mass is 10.2. The maximum atomic E-state index is 11.0. The summed E-state index contributed by atoms with van der Waals surface area (Å²) in [5.41, 5.74) is 0.887. The Morgan fingerprint density at radius 1 is 1.05 bits per heavy atom. The Bertz CT molecular complexity index is 476. The van der Waals surface area contributed by atoms with E-state index in [2.05, 4.69) is 9.47 Å². The molecular weight excluding hydrogens is 272 g/mol. The van der Waals surface area contributed by atoms with Crippen LogP contribution in [0.15, 0.2) is 30.3 Å². The fraction of sp³-hybridized carbons (Fsp3) is 0.375. The maximum Gasteiger partial charge on any atom is 0.330 e. The molecule has 0 bridgehead atoms.